The molecule has 1 heterocycles. The number of nitrogens with zero attached hydrogens (tertiary/aromatic N) is 3. The molecule has 0 aliphatic rings. The van der Waals surface area contributed by atoms with E-state index in [0.29, 0.717) is 17.1 Å². The van der Waals surface area contributed by atoms with E-state index in [1.54, 1.807) is 35.9 Å². The number of imidazole rings is 1. The van der Waals surface area contributed by atoms with Gasteiger partial charge in [0.1, 0.15) is 18.1 Å². The van der Waals surface area contributed by atoms with Crippen molar-refractivity contribution in [2.24, 2.45) is 17.9 Å². The molecule has 1 aromatic carbocycles. The third-order valence-corrected chi connectivity index (χ3v) is 2.69. The number of para-hydroxylation sites is 2. The standard InChI is InChI=1S/C13H15N5O3/c1-18-8-15-6-10(18)13(19)16-9-4-2-3-5-11(9)21-7-12(14)17-20/h2-6,8,20H,7H2,1H3,(H2,14,17)(H,16,19). The van der Waals surface area contributed by atoms with Gasteiger partial charge in [0, 0.05) is 7.05 Å². The van der Waals surface area contributed by atoms with Crippen LogP contribution in [-0.4, -0.2) is 33.1 Å². The van der Waals surface area contributed by atoms with E-state index in [1.807, 2.05) is 0 Å². The van der Waals surface area contributed by atoms with Crippen molar-refractivity contribution in [1.29, 1.82) is 0 Å². The van der Waals surface area contributed by atoms with Crippen LogP contribution in [0.1, 0.15) is 10.5 Å². The van der Waals surface area contributed by atoms with E-state index >= 15 is 0 Å². The quantitative estimate of drug-likeness (QED) is 0.326. The number of nitrogens with one attached hydrogen (secondary N) is 1. The Morgan fingerprint density at radius 1 is 1.52 bits per heavy atom. The second-order valence-electron chi connectivity index (χ2n) is 4.22. The SMILES string of the molecule is Cn1cncc1C(=O)Nc1ccccc1OC/C(N)=N/O. The molecule has 2 aromatic rings. The molecule has 0 unspecified atom stereocenters. The molecule has 8 nitrogen and oxygen atoms in total. The predicted octanol–water partition coefficient (Wildman–Crippen LogP) is 0.798. The normalized spacial score (nSPS) is 11.2. The Labute approximate surface area is 120 Å². The molecule has 21 heavy (non-hydrogen) atoms. The summed E-state index contributed by atoms with van der Waals surface area (Å²) in [6.07, 6.45) is 3.00. The number of anilines is 1. The number of hydrogen-bond acceptors (Lipinski definition) is 5. The second-order valence-corrected chi connectivity index (χ2v) is 4.22. The van der Waals surface area contributed by atoms with Gasteiger partial charge in [-0.05, 0) is 12.1 Å². The van der Waals surface area contributed by atoms with Crippen molar-refractivity contribution in [3.63, 3.8) is 0 Å². The van der Waals surface area contributed by atoms with Gasteiger partial charge in [-0.15, -0.1) is 0 Å². The predicted molar refractivity (Wildman–Crippen MR) is 76.5 cm³/mol. The highest BCUT2D eigenvalue weighted by molar-refractivity contribution is 6.03. The van der Waals surface area contributed by atoms with Crippen LogP contribution < -0.4 is 15.8 Å². The molecule has 0 saturated heterocycles. The number of aromatic nitrogens is 2. The highest BCUT2D eigenvalue weighted by Gasteiger charge is 2.12. The van der Waals surface area contributed by atoms with Gasteiger partial charge in [0.2, 0.25) is 0 Å². The largest absolute Gasteiger partial charge is 0.483 e. The molecule has 8 heteroatoms. The number of hydrogen-bond donors (Lipinski definition) is 3. The lowest BCUT2D eigenvalue weighted by Crippen LogP contribution is -2.22. The molecule has 0 spiro atoms. The summed E-state index contributed by atoms with van der Waals surface area (Å²) in [7, 11) is 1.72. The number of rotatable bonds is 5. The summed E-state index contributed by atoms with van der Waals surface area (Å²) in [6.45, 7) is -0.0882. The van der Waals surface area contributed by atoms with E-state index < -0.39 is 0 Å². The Morgan fingerprint density at radius 2 is 2.29 bits per heavy atom. The summed E-state index contributed by atoms with van der Waals surface area (Å²) in [5, 5.41) is 14.0. The minimum absolute atomic E-state index is 0.0669. The average molecular weight is 289 g/mol. The zero-order valence-electron chi connectivity index (χ0n) is 11.4. The van der Waals surface area contributed by atoms with Gasteiger partial charge in [-0.3, -0.25) is 4.79 Å². The molecule has 0 aliphatic carbocycles. The van der Waals surface area contributed by atoms with Crippen LogP contribution in [0.25, 0.3) is 0 Å². The topological polar surface area (TPSA) is 115 Å². The van der Waals surface area contributed by atoms with Gasteiger partial charge in [0.05, 0.1) is 18.2 Å². The van der Waals surface area contributed by atoms with Crippen molar-refractivity contribution in [1.82, 2.24) is 9.55 Å². The summed E-state index contributed by atoms with van der Waals surface area (Å²) < 4.78 is 6.99. The van der Waals surface area contributed by atoms with Crippen LogP contribution in [0.5, 0.6) is 5.75 Å². The molecule has 0 saturated carbocycles. The molecule has 1 amide bonds. The fourth-order valence-electron chi connectivity index (χ4n) is 1.64. The summed E-state index contributed by atoms with van der Waals surface area (Å²) in [6, 6.07) is 6.87. The van der Waals surface area contributed by atoms with Gasteiger partial charge in [0.25, 0.3) is 5.91 Å². The molecule has 0 aliphatic heterocycles. The lowest BCUT2D eigenvalue weighted by molar-refractivity contribution is 0.101. The fraction of sp³-hybridized carbons (Fsp3) is 0.154. The van der Waals surface area contributed by atoms with Crippen molar-refractivity contribution in [3.05, 3.63) is 42.5 Å². The second kappa shape index (κ2) is 6.42. The van der Waals surface area contributed by atoms with Gasteiger partial charge >= 0.3 is 0 Å². The van der Waals surface area contributed by atoms with Crippen LogP contribution in [-0.2, 0) is 7.05 Å². The molecule has 4 N–H and O–H groups in total. The first-order valence-corrected chi connectivity index (χ1v) is 6.07. The smallest absolute Gasteiger partial charge is 0.274 e. The first-order valence-electron chi connectivity index (χ1n) is 6.07. The molecule has 110 valence electrons. The van der Waals surface area contributed by atoms with Gasteiger partial charge in [-0.2, -0.15) is 0 Å². The molecule has 2 rings (SSSR count). The van der Waals surface area contributed by atoms with Crippen molar-refractivity contribution in [2.75, 3.05) is 11.9 Å². The van der Waals surface area contributed by atoms with E-state index in [4.69, 9.17) is 15.7 Å². The highest BCUT2D eigenvalue weighted by atomic mass is 16.5. The van der Waals surface area contributed by atoms with Crippen LogP contribution in [0.2, 0.25) is 0 Å². The molecule has 0 atom stereocenters. The summed E-state index contributed by atoms with van der Waals surface area (Å²) in [5.41, 5.74) is 6.24. The minimum Gasteiger partial charge on any atom is -0.483 e. The Bertz CT molecular complexity index is 665. The van der Waals surface area contributed by atoms with Crippen LogP contribution >= 0.6 is 0 Å². The first kappa shape index (κ1) is 14.4. The Balaban J connectivity index is 2.13. The molecular formula is C13H15N5O3. The Kier molecular flexibility index (Phi) is 4.39. The monoisotopic (exact) mass is 289 g/mol. The lowest BCUT2D eigenvalue weighted by Gasteiger charge is -2.12. The zero-order chi connectivity index (χ0) is 15.2. The number of benzene rings is 1. The van der Waals surface area contributed by atoms with Gasteiger partial charge < -0.3 is 25.6 Å². The van der Waals surface area contributed by atoms with E-state index in [2.05, 4.69) is 15.5 Å². The summed E-state index contributed by atoms with van der Waals surface area (Å²) in [5.74, 6) is 0.0391. The van der Waals surface area contributed by atoms with Gasteiger partial charge in [-0.1, -0.05) is 17.3 Å². The molecule has 1 aromatic heterocycles. The number of oxime groups is 1. The van der Waals surface area contributed by atoms with Crippen molar-refractivity contribution in [2.45, 2.75) is 0 Å². The number of amides is 1. The van der Waals surface area contributed by atoms with Crippen LogP contribution in [0.15, 0.2) is 41.9 Å². The van der Waals surface area contributed by atoms with Crippen molar-refractivity contribution in [3.8, 4) is 5.75 Å². The number of carbonyl (C=O) groups excluding carboxylic acids is 1. The molecule has 0 fully saturated rings. The van der Waals surface area contributed by atoms with Crippen molar-refractivity contribution < 1.29 is 14.7 Å². The number of ether oxygens (including phenoxy) is 1. The lowest BCUT2D eigenvalue weighted by atomic mass is 10.3. The summed E-state index contributed by atoms with van der Waals surface area (Å²) in [4.78, 5) is 16.0. The van der Waals surface area contributed by atoms with E-state index in [0.717, 1.165) is 0 Å². The van der Waals surface area contributed by atoms with Gasteiger partial charge in [-0.25, -0.2) is 4.98 Å². The minimum atomic E-state index is -0.310. The average Bonchev–Trinajstić information content (AvgIpc) is 2.92. The molecule has 0 bridgehead atoms. The third-order valence-electron chi connectivity index (χ3n) is 2.69. The van der Waals surface area contributed by atoms with E-state index in [1.165, 1.54) is 12.5 Å². The first-order chi connectivity index (χ1) is 10.1. The summed E-state index contributed by atoms with van der Waals surface area (Å²) >= 11 is 0. The Hall–Kier alpha value is -3.03. The number of carbonyl (C=O) groups is 1. The number of amidine groups is 1. The Morgan fingerprint density at radius 3 is 2.95 bits per heavy atom. The van der Waals surface area contributed by atoms with Crippen LogP contribution in [0.4, 0.5) is 5.69 Å². The fourth-order valence-corrected chi connectivity index (χ4v) is 1.64. The maximum absolute atomic E-state index is 12.1. The number of nitrogens with two attached hydrogens (primary N) is 1. The van der Waals surface area contributed by atoms with Crippen LogP contribution in [0, 0.1) is 0 Å². The third kappa shape index (κ3) is 3.50. The highest BCUT2D eigenvalue weighted by Crippen LogP contribution is 2.24. The molecule has 0 radical (unpaired) electrons. The maximum Gasteiger partial charge on any atom is 0.274 e. The van der Waals surface area contributed by atoms with E-state index in [9.17, 15) is 4.79 Å². The maximum atomic E-state index is 12.1. The zero-order valence-corrected chi connectivity index (χ0v) is 11.4. The van der Waals surface area contributed by atoms with Crippen molar-refractivity contribution >= 4 is 17.4 Å². The molecular weight excluding hydrogens is 274 g/mol. The van der Waals surface area contributed by atoms with Crippen LogP contribution in [0.3, 0.4) is 0 Å². The van der Waals surface area contributed by atoms with Gasteiger partial charge in [0.15, 0.2) is 5.84 Å². The number of aryl methyl sites for hydroxylation is 1. The van der Waals surface area contributed by atoms with E-state index in [-0.39, 0.29) is 18.3 Å².